The molecule has 7 nitrogen and oxygen atoms in total. The minimum atomic E-state index is -0.665. The lowest BCUT2D eigenvalue weighted by atomic mass is 9.66. The van der Waals surface area contributed by atoms with Crippen LogP contribution in [0.4, 0.5) is 0 Å². The molecule has 1 spiro atoms. The maximum atomic E-state index is 14.1. The molecule has 8 heteroatoms. The van der Waals surface area contributed by atoms with Crippen molar-refractivity contribution in [3.8, 4) is 0 Å². The molecule has 0 aromatic heterocycles. The Labute approximate surface area is 201 Å². The molecule has 3 heterocycles. The van der Waals surface area contributed by atoms with E-state index in [4.69, 9.17) is 4.74 Å². The molecule has 3 aliphatic heterocycles. The number of likely N-dealkylation sites (tertiary alicyclic amines) is 1. The molecule has 33 heavy (non-hydrogen) atoms. The fourth-order valence-electron chi connectivity index (χ4n) is 6.13. The Bertz CT molecular complexity index is 804. The fourth-order valence-corrected chi connectivity index (χ4v) is 8.47. The third kappa shape index (κ3) is 4.25. The minimum Gasteiger partial charge on any atom is -0.461 e. The van der Waals surface area contributed by atoms with Crippen LogP contribution in [0.15, 0.2) is 25.3 Å². The number of ether oxygens (including phenoxy) is 1. The number of rotatable bonds is 12. The van der Waals surface area contributed by atoms with Crippen LogP contribution < -0.4 is 0 Å². The lowest BCUT2D eigenvalue weighted by molar-refractivity contribution is -0.154. The molecule has 0 saturated carbocycles. The lowest BCUT2D eigenvalue weighted by Gasteiger charge is -2.39. The number of carbonyl (C=O) groups excluding carboxylic acids is 3. The molecule has 2 bridgehead atoms. The van der Waals surface area contributed by atoms with E-state index in [1.54, 1.807) is 22.7 Å². The number of fused-ring (bicyclic) bond motifs is 1. The summed E-state index contributed by atoms with van der Waals surface area (Å²) < 4.78 is 4.31. The standard InChI is InChI=1S/C25H38N2O5S/c1-6-10-17(4)26(13-7-2)22(30)20-25-12-11-24(5,33-25)19(23(31)32-16-8-3)18(25)21(29)27(20)14-9-15-28/h7-8,17-20,28H,2-3,6,9-16H2,1,4-5H3/t17?,18-,19-,20?,24+,25?/m0/s1. The van der Waals surface area contributed by atoms with Crippen LogP contribution in [0.25, 0.3) is 0 Å². The van der Waals surface area contributed by atoms with Gasteiger partial charge in [-0.15, -0.1) is 18.3 Å². The fraction of sp³-hybridized carbons (Fsp3) is 0.720. The molecule has 0 aromatic carbocycles. The van der Waals surface area contributed by atoms with E-state index >= 15 is 0 Å². The average Bonchev–Trinajstić information content (AvgIpc) is 3.34. The summed E-state index contributed by atoms with van der Waals surface area (Å²) in [5, 5.41) is 9.47. The number of esters is 1. The molecule has 3 unspecified atom stereocenters. The Hall–Kier alpha value is -1.80. The van der Waals surface area contributed by atoms with E-state index in [1.165, 1.54) is 6.08 Å². The van der Waals surface area contributed by atoms with Gasteiger partial charge in [-0.05, 0) is 39.5 Å². The highest BCUT2D eigenvalue weighted by Crippen LogP contribution is 2.71. The Morgan fingerprint density at radius 2 is 2.09 bits per heavy atom. The number of aliphatic hydroxyl groups excluding tert-OH is 1. The minimum absolute atomic E-state index is 0.0123. The van der Waals surface area contributed by atoms with E-state index in [0.29, 0.717) is 25.9 Å². The lowest BCUT2D eigenvalue weighted by Crippen LogP contribution is -2.56. The molecule has 184 valence electrons. The third-order valence-electron chi connectivity index (χ3n) is 7.51. The predicted molar refractivity (Wildman–Crippen MR) is 130 cm³/mol. The van der Waals surface area contributed by atoms with Crippen molar-refractivity contribution in [2.75, 3.05) is 26.3 Å². The van der Waals surface area contributed by atoms with E-state index in [0.717, 1.165) is 19.3 Å². The number of hydrogen-bond acceptors (Lipinski definition) is 6. The van der Waals surface area contributed by atoms with Gasteiger partial charge in [0.2, 0.25) is 11.8 Å². The van der Waals surface area contributed by atoms with Gasteiger partial charge in [-0.25, -0.2) is 0 Å². The van der Waals surface area contributed by atoms with Crippen LogP contribution in [0.1, 0.15) is 52.9 Å². The quantitative estimate of drug-likeness (QED) is 0.343. The molecular formula is C25H38N2O5S. The van der Waals surface area contributed by atoms with Crippen molar-refractivity contribution in [1.29, 1.82) is 0 Å². The van der Waals surface area contributed by atoms with Gasteiger partial charge >= 0.3 is 5.97 Å². The maximum Gasteiger partial charge on any atom is 0.311 e. The van der Waals surface area contributed by atoms with Gasteiger partial charge in [0.25, 0.3) is 0 Å². The smallest absolute Gasteiger partial charge is 0.311 e. The number of amides is 2. The van der Waals surface area contributed by atoms with Crippen molar-refractivity contribution in [3.63, 3.8) is 0 Å². The van der Waals surface area contributed by atoms with Crippen molar-refractivity contribution in [2.45, 2.75) is 74.5 Å². The third-order valence-corrected chi connectivity index (χ3v) is 9.50. The zero-order valence-electron chi connectivity index (χ0n) is 20.1. The van der Waals surface area contributed by atoms with Crippen LogP contribution in [-0.2, 0) is 19.1 Å². The number of nitrogens with zero attached hydrogens (tertiary/aromatic N) is 2. The molecule has 3 aliphatic rings. The second-order valence-electron chi connectivity index (χ2n) is 9.67. The van der Waals surface area contributed by atoms with Crippen molar-refractivity contribution in [1.82, 2.24) is 9.80 Å². The van der Waals surface area contributed by atoms with Gasteiger partial charge in [0.05, 0.1) is 16.6 Å². The first-order chi connectivity index (χ1) is 15.7. The van der Waals surface area contributed by atoms with E-state index in [2.05, 4.69) is 20.1 Å². The number of carbonyl (C=O) groups is 3. The first kappa shape index (κ1) is 25.8. The van der Waals surface area contributed by atoms with Crippen LogP contribution in [-0.4, -0.2) is 80.6 Å². The zero-order chi connectivity index (χ0) is 24.4. The van der Waals surface area contributed by atoms with E-state index in [1.807, 2.05) is 18.7 Å². The van der Waals surface area contributed by atoms with Crippen molar-refractivity contribution in [2.24, 2.45) is 11.8 Å². The second kappa shape index (κ2) is 10.2. The van der Waals surface area contributed by atoms with Gasteiger partial charge < -0.3 is 19.6 Å². The van der Waals surface area contributed by atoms with Gasteiger partial charge in [0, 0.05) is 30.5 Å². The monoisotopic (exact) mass is 478 g/mol. The number of aliphatic hydroxyl groups is 1. The SMILES string of the molecule is C=CCOC(=O)[C@@H]1[C@H]2C(=O)N(CCCO)C(C(=O)N(CC=C)C(C)CCC)C23CC[C@@]1(C)S3. The molecule has 0 aliphatic carbocycles. The molecule has 3 fully saturated rings. The maximum absolute atomic E-state index is 14.1. The summed E-state index contributed by atoms with van der Waals surface area (Å²) in [5.41, 5.74) is 0. The van der Waals surface area contributed by atoms with Gasteiger partial charge in [0.15, 0.2) is 0 Å². The van der Waals surface area contributed by atoms with E-state index in [-0.39, 0.29) is 37.0 Å². The van der Waals surface area contributed by atoms with Crippen molar-refractivity contribution in [3.05, 3.63) is 25.3 Å². The average molecular weight is 479 g/mol. The van der Waals surface area contributed by atoms with E-state index in [9.17, 15) is 19.5 Å². The van der Waals surface area contributed by atoms with Crippen LogP contribution in [0.2, 0.25) is 0 Å². The Morgan fingerprint density at radius 3 is 2.70 bits per heavy atom. The van der Waals surface area contributed by atoms with Gasteiger partial charge in [0.1, 0.15) is 12.6 Å². The topological polar surface area (TPSA) is 87.1 Å². The van der Waals surface area contributed by atoms with Gasteiger partial charge in [-0.2, -0.15) is 0 Å². The summed E-state index contributed by atoms with van der Waals surface area (Å²) in [5.74, 6) is -1.83. The summed E-state index contributed by atoms with van der Waals surface area (Å²) in [4.78, 5) is 44.5. The van der Waals surface area contributed by atoms with Crippen molar-refractivity contribution >= 4 is 29.5 Å². The summed E-state index contributed by atoms with van der Waals surface area (Å²) >= 11 is 1.63. The molecular weight excluding hydrogens is 440 g/mol. The van der Waals surface area contributed by atoms with Crippen LogP contribution >= 0.6 is 11.8 Å². The Kier molecular flexibility index (Phi) is 7.99. The summed E-state index contributed by atoms with van der Waals surface area (Å²) in [6.45, 7) is 14.3. The molecule has 3 rings (SSSR count). The second-order valence-corrected chi connectivity index (χ2v) is 11.6. The molecule has 6 atom stereocenters. The van der Waals surface area contributed by atoms with Crippen molar-refractivity contribution < 1.29 is 24.2 Å². The molecule has 0 aromatic rings. The normalized spacial score (nSPS) is 33.0. The molecule has 1 N–H and O–H groups in total. The highest BCUT2D eigenvalue weighted by Gasteiger charge is 2.77. The summed E-state index contributed by atoms with van der Waals surface area (Å²) in [6, 6.07) is -0.650. The van der Waals surface area contributed by atoms with Gasteiger partial charge in [-0.3, -0.25) is 14.4 Å². The molecule has 3 saturated heterocycles. The first-order valence-corrected chi connectivity index (χ1v) is 12.8. The Balaban J connectivity index is 2.04. The number of hydrogen-bond donors (Lipinski definition) is 1. The van der Waals surface area contributed by atoms with Crippen LogP contribution in [0, 0.1) is 11.8 Å². The zero-order valence-corrected chi connectivity index (χ0v) is 20.9. The van der Waals surface area contributed by atoms with Crippen LogP contribution in [0.3, 0.4) is 0 Å². The Morgan fingerprint density at radius 1 is 1.36 bits per heavy atom. The predicted octanol–water partition coefficient (Wildman–Crippen LogP) is 2.78. The van der Waals surface area contributed by atoms with E-state index < -0.39 is 27.4 Å². The number of thioether (sulfide) groups is 1. The first-order valence-electron chi connectivity index (χ1n) is 12.0. The van der Waals surface area contributed by atoms with Gasteiger partial charge in [-0.1, -0.05) is 32.1 Å². The highest BCUT2D eigenvalue weighted by molar-refractivity contribution is 8.02. The summed E-state index contributed by atoms with van der Waals surface area (Å²) in [6.07, 6.45) is 6.88. The molecule has 0 radical (unpaired) electrons. The van der Waals surface area contributed by atoms with Crippen LogP contribution in [0.5, 0.6) is 0 Å². The largest absolute Gasteiger partial charge is 0.461 e. The summed E-state index contributed by atoms with van der Waals surface area (Å²) in [7, 11) is 0. The highest BCUT2D eigenvalue weighted by atomic mass is 32.2. The molecule has 2 amide bonds.